The second-order valence-electron chi connectivity index (χ2n) is 6.23. The molecule has 0 N–H and O–H groups in total. The van der Waals surface area contributed by atoms with E-state index in [0.717, 1.165) is 35.8 Å². The van der Waals surface area contributed by atoms with Gasteiger partial charge in [0.05, 0.1) is 21.6 Å². The Bertz CT molecular complexity index is 960. The van der Waals surface area contributed by atoms with Crippen LogP contribution in [-0.2, 0) is 4.79 Å². The molecule has 5 nitrogen and oxygen atoms in total. The lowest BCUT2D eigenvalue weighted by atomic mass is 10.2. The van der Waals surface area contributed by atoms with Crippen LogP contribution in [0.3, 0.4) is 0 Å². The number of hydrogen-bond donors (Lipinski definition) is 0. The Labute approximate surface area is 201 Å². The van der Waals surface area contributed by atoms with Gasteiger partial charge in [0.1, 0.15) is 18.1 Å². The summed E-state index contributed by atoms with van der Waals surface area (Å²) in [6.45, 7) is 4.90. The molecule has 0 unspecified atom stereocenters. The number of thioether (sulfide) groups is 1. The zero-order chi connectivity index (χ0) is 21.0. The fraction of sp³-hybridized carbons (Fsp3) is 0.238. The van der Waals surface area contributed by atoms with Crippen molar-refractivity contribution in [3.05, 3.63) is 59.6 Å². The number of rotatable bonds is 7. The van der Waals surface area contributed by atoms with Crippen LogP contribution in [0.15, 0.2) is 41.3 Å². The average molecular weight is 635 g/mol. The van der Waals surface area contributed by atoms with E-state index in [4.69, 9.17) is 9.47 Å². The third-order valence-electron chi connectivity index (χ3n) is 4.09. The predicted octanol–water partition coefficient (Wildman–Crippen LogP) is 5.72. The van der Waals surface area contributed by atoms with Gasteiger partial charge in [0.15, 0.2) is 0 Å². The number of ether oxygens (including phenoxy) is 2. The topological polar surface area (TPSA) is 55.8 Å². The lowest BCUT2D eigenvalue weighted by Crippen LogP contribution is -2.32. The molecule has 1 heterocycles. The highest BCUT2D eigenvalue weighted by Crippen LogP contribution is 2.36. The first-order chi connectivity index (χ1) is 13.9. The maximum Gasteiger partial charge on any atom is 0.293 e. The predicted molar refractivity (Wildman–Crippen MR) is 132 cm³/mol. The van der Waals surface area contributed by atoms with Crippen LogP contribution >= 0.6 is 56.9 Å². The molecule has 1 aliphatic rings. The van der Waals surface area contributed by atoms with E-state index in [2.05, 4.69) is 45.2 Å². The van der Waals surface area contributed by atoms with Crippen molar-refractivity contribution in [2.75, 3.05) is 19.8 Å². The Morgan fingerprint density at radius 1 is 1.10 bits per heavy atom. The first kappa shape index (κ1) is 22.4. The molecule has 152 valence electrons. The molecule has 0 aliphatic carbocycles. The summed E-state index contributed by atoms with van der Waals surface area (Å²) >= 11 is 5.39. The summed E-state index contributed by atoms with van der Waals surface area (Å²) in [6.07, 6.45) is 1.74. The van der Waals surface area contributed by atoms with Crippen molar-refractivity contribution in [2.45, 2.75) is 13.8 Å². The summed E-state index contributed by atoms with van der Waals surface area (Å²) < 4.78 is 13.4. The second kappa shape index (κ2) is 10.2. The third kappa shape index (κ3) is 5.66. The van der Waals surface area contributed by atoms with E-state index in [1.807, 2.05) is 50.2 Å². The van der Waals surface area contributed by atoms with Gasteiger partial charge in [0, 0.05) is 9.13 Å². The van der Waals surface area contributed by atoms with Gasteiger partial charge in [-0.25, -0.2) is 0 Å². The Morgan fingerprint density at radius 2 is 1.83 bits per heavy atom. The van der Waals surface area contributed by atoms with Crippen molar-refractivity contribution in [3.8, 4) is 11.5 Å². The Hall–Kier alpha value is -1.27. The molecular formula is C21H19I2NO4S. The number of halogens is 2. The molecule has 0 atom stereocenters. The maximum absolute atomic E-state index is 12.8. The van der Waals surface area contributed by atoms with Crippen molar-refractivity contribution in [1.82, 2.24) is 4.90 Å². The van der Waals surface area contributed by atoms with Crippen molar-refractivity contribution in [2.24, 2.45) is 0 Å². The standard InChI is InChI=1S/C21H19I2NO4S/c1-3-27-19-14(10-15(22)12-17(19)23)11-18-20(25)24(21(26)29-18)8-9-28-16-6-4-13(2)5-7-16/h4-7,10-12H,3,8-9H2,1-2H3/b18-11-. The number of amides is 2. The monoisotopic (exact) mass is 635 g/mol. The molecule has 2 aromatic carbocycles. The lowest BCUT2D eigenvalue weighted by molar-refractivity contribution is -0.123. The fourth-order valence-corrected chi connectivity index (χ4v) is 5.61. The summed E-state index contributed by atoms with van der Waals surface area (Å²) in [5.41, 5.74) is 1.94. The van der Waals surface area contributed by atoms with Crippen LogP contribution in [-0.4, -0.2) is 35.8 Å². The summed E-state index contributed by atoms with van der Waals surface area (Å²) in [7, 11) is 0. The number of aryl methyl sites for hydroxylation is 1. The molecule has 0 aromatic heterocycles. The molecule has 3 rings (SSSR count). The van der Waals surface area contributed by atoms with Crippen LogP contribution in [0.2, 0.25) is 0 Å². The van der Waals surface area contributed by atoms with Crippen LogP contribution in [0.5, 0.6) is 11.5 Å². The molecule has 2 amide bonds. The van der Waals surface area contributed by atoms with E-state index < -0.39 is 0 Å². The summed E-state index contributed by atoms with van der Waals surface area (Å²) in [4.78, 5) is 26.7. The van der Waals surface area contributed by atoms with Gasteiger partial charge in [-0.15, -0.1) is 0 Å². The van der Waals surface area contributed by atoms with E-state index in [0.29, 0.717) is 17.3 Å². The molecule has 2 aromatic rings. The highest BCUT2D eigenvalue weighted by Gasteiger charge is 2.35. The van der Waals surface area contributed by atoms with E-state index in [9.17, 15) is 9.59 Å². The minimum absolute atomic E-state index is 0.206. The van der Waals surface area contributed by atoms with Crippen LogP contribution in [0, 0.1) is 14.1 Å². The minimum atomic E-state index is -0.302. The van der Waals surface area contributed by atoms with Crippen LogP contribution in [0.4, 0.5) is 4.79 Å². The minimum Gasteiger partial charge on any atom is -0.492 e. The first-order valence-electron chi connectivity index (χ1n) is 8.95. The van der Waals surface area contributed by atoms with Gasteiger partial charge in [-0.3, -0.25) is 14.5 Å². The molecule has 0 saturated carbocycles. The zero-order valence-corrected chi connectivity index (χ0v) is 21.0. The van der Waals surface area contributed by atoms with Gasteiger partial charge in [-0.05, 0) is 101 Å². The van der Waals surface area contributed by atoms with Crippen LogP contribution in [0.25, 0.3) is 6.08 Å². The smallest absolute Gasteiger partial charge is 0.293 e. The van der Waals surface area contributed by atoms with Gasteiger partial charge in [-0.1, -0.05) is 17.7 Å². The van der Waals surface area contributed by atoms with Gasteiger partial charge < -0.3 is 9.47 Å². The summed E-state index contributed by atoms with van der Waals surface area (Å²) in [5.74, 6) is 1.14. The highest BCUT2D eigenvalue weighted by molar-refractivity contribution is 14.1. The Morgan fingerprint density at radius 3 is 2.52 bits per heavy atom. The molecule has 0 spiro atoms. The zero-order valence-electron chi connectivity index (χ0n) is 15.9. The lowest BCUT2D eigenvalue weighted by Gasteiger charge is -2.13. The molecule has 1 fully saturated rings. The molecule has 0 radical (unpaired) electrons. The van der Waals surface area contributed by atoms with Crippen molar-refractivity contribution >= 4 is 74.2 Å². The molecule has 8 heteroatoms. The number of carbonyl (C=O) groups excluding carboxylic acids is 2. The van der Waals surface area contributed by atoms with E-state index in [-0.39, 0.29) is 24.3 Å². The van der Waals surface area contributed by atoms with Crippen LogP contribution < -0.4 is 9.47 Å². The number of carbonyl (C=O) groups is 2. The van der Waals surface area contributed by atoms with Crippen molar-refractivity contribution in [1.29, 1.82) is 0 Å². The Kier molecular flexibility index (Phi) is 7.85. The van der Waals surface area contributed by atoms with E-state index in [1.165, 1.54) is 4.90 Å². The summed E-state index contributed by atoms with van der Waals surface area (Å²) in [5, 5.41) is -0.285. The summed E-state index contributed by atoms with van der Waals surface area (Å²) in [6, 6.07) is 11.6. The number of nitrogens with zero attached hydrogens (tertiary/aromatic N) is 1. The largest absolute Gasteiger partial charge is 0.492 e. The van der Waals surface area contributed by atoms with E-state index >= 15 is 0 Å². The highest BCUT2D eigenvalue weighted by atomic mass is 127. The first-order valence-corrected chi connectivity index (χ1v) is 11.9. The molecule has 0 bridgehead atoms. The quantitative estimate of drug-likeness (QED) is 0.288. The number of hydrogen-bond acceptors (Lipinski definition) is 5. The molecule has 1 saturated heterocycles. The van der Waals surface area contributed by atoms with Crippen LogP contribution in [0.1, 0.15) is 18.1 Å². The van der Waals surface area contributed by atoms with Gasteiger partial charge in [-0.2, -0.15) is 0 Å². The average Bonchev–Trinajstić information content (AvgIpc) is 2.93. The van der Waals surface area contributed by atoms with Gasteiger partial charge in [0.25, 0.3) is 11.1 Å². The number of benzene rings is 2. The fourth-order valence-electron chi connectivity index (χ4n) is 2.71. The second-order valence-corrected chi connectivity index (χ2v) is 9.63. The molecule has 1 aliphatic heterocycles. The third-order valence-corrected chi connectivity index (χ3v) is 6.42. The van der Waals surface area contributed by atoms with E-state index in [1.54, 1.807) is 6.08 Å². The van der Waals surface area contributed by atoms with Gasteiger partial charge in [0.2, 0.25) is 0 Å². The molecular weight excluding hydrogens is 616 g/mol. The Balaban J connectivity index is 1.72. The maximum atomic E-state index is 12.8. The molecule has 29 heavy (non-hydrogen) atoms. The van der Waals surface area contributed by atoms with Gasteiger partial charge >= 0.3 is 0 Å². The number of imide groups is 1. The normalized spacial score (nSPS) is 15.3. The van der Waals surface area contributed by atoms with Crippen molar-refractivity contribution in [3.63, 3.8) is 0 Å². The SMILES string of the molecule is CCOc1c(I)cc(I)cc1/C=C1\SC(=O)N(CCOc2ccc(C)cc2)C1=O. The van der Waals surface area contributed by atoms with Crippen molar-refractivity contribution < 1.29 is 19.1 Å².